The number of nitro benzene ring substituents is 1. The number of non-ortho nitro benzene ring substituents is 1. The minimum Gasteiger partial charge on any atom is -0.493 e. The van der Waals surface area contributed by atoms with E-state index < -0.39 is 10.8 Å². The Morgan fingerprint density at radius 1 is 0.938 bits per heavy atom. The van der Waals surface area contributed by atoms with E-state index in [1.807, 2.05) is 6.07 Å². The fourth-order valence-corrected chi connectivity index (χ4v) is 3.72. The Kier molecular flexibility index (Phi) is 7.45. The van der Waals surface area contributed by atoms with Crippen molar-refractivity contribution in [1.29, 1.82) is 0 Å². The summed E-state index contributed by atoms with van der Waals surface area (Å²) < 4.78 is 10.4. The highest BCUT2D eigenvalue weighted by molar-refractivity contribution is 8.00. The van der Waals surface area contributed by atoms with Crippen LogP contribution in [0.1, 0.15) is 20.7 Å². The van der Waals surface area contributed by atoms with Crippen molar-refractivity contribution in [2.45, 2.75) is 4.90 Å². The Bertz CT molecular complexity index is 1160. The van der Waals surface area contributed by atoms with Crippen LogP contribution in [0.15, 0.2) is 71.6 Å². The molecule has 0 aliphatic rings. The molecule has 0 spiro atoms. The smallest absolute Gasteiger partial charge is 0.270 e. The van der Waals surface area contributed by atoms with Gasteiger partial charge in [0.1, 0.15) is 0 Å². The molecular formula is C23H20N2O6S. The van der Waals surface area contributed by atoms with Gasteiger partial charge in [0.25, 0.3) is 11.6 Å². The number of anilines is 1. The summed E-state index contributed by atoms with van der Waals surface area (Å²) in [5.74, 6) is 0.676. The van der Waals surface area contributed by atoms with E-state index >= 15 is 0 Å². The lowest BCUT2D eigenvalue weighted by atomic mass is 10.1. The second-order valence-electron chi connectivity index (χ2n) is 6.57. The van der Waals surface area contributed by atoms with Crippen LogP contribution in [0, 0.1) is 10.1 Å². The Morgan fingerprint density at radius 2 is 1.69 bits per heavy atom. The molecule has 0 bridgehead atoms. The Labute approximate surface area is 188 Å². The van der Waals surface area contributed by atoms with E-state index in [0.29, 0.717) is 22.7 Å². The summed E-state index contributed by atoms with van der Waals surface area (Å²) in [4.78, 5) is 36.2. The summed E-state index contributed by atoms with van der Waals surface area (Å²) in [7, 11) is 3.04. The van der Waals surface area contributed by atoms with Crippen LogP contribution in [0.3, 0.4) is 0 Å². The molecule has 0 heterocycles. The molecule has 1 amide bonds. The van der Waals surface area contributed by atoms with Crippen molar-refractivity contribution in [1.82, 2.24) is 0 Å². The number of benzene rings is 3. The lowest BCUT2D eigenvalue weighted by Gasteiger charge is -2.09. The number of methoxy groups -OCH3 is 2. The van der Waals surface area contributed by atoms with E-state index in [-0.39, 0.29) is 22.8 Å². The van der Waals surface area contributed by atoms with Crippen molar-refractivity contribution in [3.05, 3.63) is 88.0 Å². The van der Waals surface area contributed by atoms with E-state index in [1.54, 1.807) is 36.4 Å². The second kappa shape index (κ2) is 10.5. The molecule has 0 aliphatic carbocycles. The van der Waals surface area contributed by atoms with Crippen LogP contribution >= 0.6 is 11.8 Å². The first-order chi connectivity index (χ1) is 15.4. The number of nitrogens with one attached hydrogen (secondary N) is 1. The zero-order chi connectivity index (χ0) is 23.1. The number of hydrogen-bond acceptors (Lipinski definition) is 7. The van der Waals surface area contributed by atoms with Gasteiger partial charge in [-0.2, -0.15) is 0 Å². The minimum absolute atomic E-state index is 0.0815. The minimum atomic E-state index is -0.552. The third-order valence-electron chi connectivity index (χ3n) is 4.49. The van der Waals surface area contributed by atoms with Crippen LogP contribution in [-0.4, -0.2) is 36.6 Å². The molecule has 3 aromatic carbocycles. The Morgan fingerprint density at radius 3 is 2.41 bits per heavy atom. The first kappa shape index (κ1) is 22.8. The van der Waals surface area contributed by atoms with Gasteiger partial charge in [0.05, 0.1) is 24.9 Å². The van der Waals surface area contributed by atoms with Gasteiger partial charge in [-0.25, -0.2) is 0 Å². The van der Waals surface area contributed by atoms with Gasteiger partial charge in [0.15, 0.2) is 17.3 Å². The van der Waals surface area contributed by atoms with Gasteiger partial charge < -0.3 is 14.8 Å². The molecule has 32 heavy (non-hydrogen) atoms. The molecule has 1 N–H and O–H groups in total. The number of ether oxygens (including phenoxy) is 2. The van der Waals surface area contributed by atoms with Crippen molar-refractivity contribution in [3.8, 4) is 11.5 Å². The van der Waals surface area contributed by atoms with Crippen LogP contribution in [0.2, 0.25) is 0 Å². The normalized spacial score (nSPS) is 10.3. The Hall–Kier alpha value is -3.85. The van der Waals surface area contributed by atoms with Crippen LogP contribution in [0.25, 0.3) is 0 Å². The molecule has 164 valence electrons. The number of ketones is 1. The van der Waals surface area contributed by atoms with Gasteiger partial charge in [-0.15, -0.1) is 11.8 Å². The zero-order valence-corrected chi connectivity index (χ0v) is 18.2. The molecule has 8 nitrogen and oxygen atoms in total. The maximum absolute atomic E-state index is 12.6. The largest absolute Gasteiger partial charge is 0.493 e. The predicted octanol–water partition coefficient (Wildman–Crippen LogP) is 4.84. The number of carbonyl (C=O) groups excluding carboxylic acids is 2. The average Bonchev–Trinajstić information content (AvgIpc) is 2.82. The van der Waals surface area contributed by atoms with E-state index in [0.717, 1.165) is 4.90 Å². The van der Waals surface area contributed by atoms with Gasteiger partial charge in [-0.05, 0) is 42.5 Å². The summed E-state index contributed by atoms with van der Waals surface area (Å²) in [6, 6.07) is 17.5. The lowest BCUT2D eigenvalue weighted by Crippen LogP contribution is -2.12. The third-order valence-corrected chi connectivity index (χ3v) is 5.48. The van der Waals surface area contributed by atoms with Crippen LogP contribution < -0.4 is 14.8 Å². The van der Waals surface area contributed by atoms with Gasteiger partial charge in [-0.3, -0.25) is 19.7 Å². The molecule has 0 aromatic heterocycles. The molecule has 0 unspecified atom stereocenters. The number of nitro groups is 1. The topological polar surface area (TPSA) is 108 Å². The van der Waals surface area contributed by atoms with Crippen LogP contribution in [0.4, 0.5) is 11.4 Å². The molecule has 0 atom stereocenters. The van der Waals surface area contributed by atoms with Crippen molar-refractivity contribution in [3.63, 3.8) is 0 Å². The molecule has 3 aromatic rings. The van der Waals surface area contributed by atoms with Crippen molar-refractivity contribution < 1.29 is 24.0 Å². The quantitative estimate of drug-likeness (QED) is 0.214. The van der Waals surface area contributed by atoms with E-state index in [2.05, 4.69) is 5.32 Å². The Balaban J connectivity index is 1.65. The highest BCUT2D eigenvalue weighted by atomic mass is 32.2. The fourth-order valence-electron chi connectivity index (χ4n) is 2.87. The number of hydrogen-bond donors (Lipinski definition) is 1. The van der Waals surface area contributed by atoms with Gasteiger partial charge in [0.2, 0.25) is 0 Å². The number of amides is 1. The molecule has 0 fully saturated rings. The average molecular weight is 452 g/mol. The van der Waals surface area contributed by atoms with Gasteiger partial charge >= 0.3 is 0 Å². The summed E-state index contributed by atoms with van der Waals surface area (Å²) in [5.41, 5.74) is 1.05. The standard InChI is InChI=1S/C23H20N2O6S/c1-30-21-10-9-15(12-22(21)31-2)20(26)14-32-19-8-4-6-17(13-19)24-23(27)16-5-3-7-18(11-16)25(28)29/h3-13H,14H2,1-2H3,(H,24,27). The molecule has 3 rings (SSSR count). The maximum atomic E-state index is 12.6. The molecular weight excluding hydrogens is 432 g/mol. The first-order valence-electron chi connectivity index (χ1n) is 9.45. The maximum Gasteiger partial charge on any atom is 0.270 e. The highest BCUT2D eigenvalue weighted by Gasteiger charge is 2.13. The van der Waals surface area contributed by atoms with E-state index in [4.69, 9.17) is 9.47 Å². The number of carbonyl (C=O) groups is 2. The van der Waals surface area contributed by atoms with E-state index in [9.17, 15) is 19.7 Å². The number of nitrogens with zero attached hydrogens (tertiary/aromatic N) is 1. The second-order valence-corrected chi connectivity index (χ2v) is 7.62. The highest BCUT2D eigenvalue weighted by Crippen LogP contribution is 2.29. The number of rotatable bonds is 9. The number of Topliss-reactive ketones (excluding diaryl/α,β-unsaturated/α-hetero) is 1. The molecule has 0 aliphatic heterocycles. The van der Waals surface area contributed by atoms with Gasteiger partial charge in [-0.1, -0.05) is 12.1 Å². The molecule has 0 radical (unpaired) electrons. The van der Waals surface area contributed by atoms with Crippen LogP contribution in [-0.2, 0) is 0 Å². The monoisotopic (exact) mass is 452 g/mol. The first-order valence-corrected chi connectivity index (χ1v) is 10.4. The van der Waals surface area contributed by atoms with Crippen LogP contribution in [0.5, 0.6) is 11.5 Å². The van der Waals surface area contributed by atoms with E-state index in [1.165, 1.54) is 50.2 Å². The SMILES string of the molecule is COc1ccc(C(=O)CSc2cccc(NC(=O)c3cccc([N+](=O)[O-])c3)c2)cc1OC. The molecule has 0 saturated heterocycles. The molecule has 0 saturated carbocycles. The third kappa shape index (κ3) is 5.64. The summed E-state index contributed by atoms with van der Waals surface area (Å²) in [6.45, 7) is 0. The lowest BCUT2D eigenvalue weighted by molar-refractivity contribution is -0.384. The van der Waals surface area contributed by atoms with Gasteiger partial charge in [0, 0.05) is 33.8 Å². The fraction of sp³-hybridized carbons (Fsp3) is 0.130. The van der Waals surface area contributed by atoms with Crippen molar-refractivity contribution in [2.24, 2.45) is 0 Å². The predicted molar refractivity (Wildman–Crippen MR) is 122 cm³/mol. The summed E-state index contributed by atoms with van der Waals surface area (Å²) in [5, 5.41) is 13.6. The zero-order valence-electron chi connectivity index (χ0n) is 17.4. The summed E-state index contributed by atoms with van der Waals surface area (Å²) >= 11 is 1.33. The van der Waals surface area contributed by atoms with Crippen molar-refractivity contribution >= 4 is 34.8 Å². The summed E-state index contributed by atoms with van der Waals surface area (Å²) in [6.07, 6.45) is 0. The molecule has 9 heteroatoms. The van der Waals surface area contributed by atoms with Crippen molar-refractivity contribution in [2.75, 3.05) is 25.3 Å². The number of thioether (sulfide) groups is 1.